The van der Waals surface area contributed by atoms with Crippen molar-refractivity contribution in [3.05, 3.63) is 29.1 Å². The van der Waals surface area contributed by atoms with Crippen molar-refractivity contribution in [3.8, 4) is 0 Å². The fourth-order valence-electron chi connectivity index (χ4n) is 1.06. The molecule has 0 saturated heterocycles. The van der Waals surface area contributed by atoms with Gasteiger partial charge in [0.05, 0.1) is 5.52 Å². The molecule has 0 radical (unpaired) electrons. The summed E-state index contributed by atoms with van der Waals surface area (Å²) < 4.78 is 4.25. The summed E-state index contributed by atoms with van der Waals surface area (Å²) in [7, 11) is 0. The van der Waals surface area contributed by atoms with Gasteiger partial charge in [-0.1, -0.05) is 18.2 Å². The van der Waals surface area contributed by atoms with E-state index in [4.69, 9.17) is 11.6 Å². The highest BCUT2D eigenvalue weighted by Gasteiger charge is 2.00. The first kappa shape index (κ1) is 7.07. The Morgan fingerprint density at radius 1 is 1.45 bits per heavy atom. The van der Waals surface area contributed by atoms with Crippen molar-refractivity contribution >= 4 is 34.0 Å². The zero-order chi connectivity index (χ0) is 7.68. The van der Waals surface area contributed by atoms with Gasteiger partial charge in [-0.05, 0) is 17.1 Å². The van der Waals surface area contributed by atoms with Crippen LogP contribution in [0.2, 0.25) is 0 Å². The van der Waals surface area contributed by atoms with E-state index in [0.29, 0.717) is 5.88 Å². The quantitative estimate of drug-likeness (QED) is 0.620. The van der Waals surface area contributed by atoms with E-state index < -0.39 is 0 Å². The number of hydrogen-bond donors (Lipinski definition) is 0. The van der Waals surface area contributed by atoms with E-state index in [9.17, 15) is 0 Å². The summed E-state index contributed by atoms with van der Waals surface area (Å²) >= 11 is 7.20. The van der Waals surface area contributed by atoms with Gasteiger partial charge in [-0.2, -0.15) is 4.37 Å². The number of rotatable bonds is 1. The Hall–Kier alpha value is -0.600. The molecule has 0 bridgehead atoms. The highest BCUT2D eigenvalue weighted by atomic mass is 35.5. The highest BCUT2D eigenvalue weighted by molar-refractivity contribution is 7.04. The van der Waals surface area contributed by atoms with E-state index in [1.807, 2.05) is 17.5 Å². The van der Waals surface area contributed by atoms with Crippen molar-refractivity contribution in [1.82, 2.24) is 4.37 Å². The molecule has 0 spiro atoms. The van der Waals surface area contributed by atoms with Gasteiger partial charge in [0.1, 0.15) is 0 Å². The maximum absolute atomic E-state index is 5.73. The topological polar surface area (TPSA) is 12.9 Å². The van der Waals surface area contributed by atoms with Gasteiger partial charge in [0.25, 0.3) is 0 Å². The molecular formula is C8H6ClNS. The van der Waals surface area contributed by atoms with Gasteiger partial charge in [0, 0.05) is 16.6 Å². The molecule has 0 N–H and O–H groups in total. The molecule has 1 heterocycles. The Labute approximate surface area is 73.8 Å². The average molecular weight is 184 g/mol. The lowest BCUT2D eigenvalue weighted by Gasteiger charge is -1.93. The molecule has 0 unspecified atom stereocenters. The molecule has 0 atom stereocenters. The van der Waals surface area contributed by atoms with Crippen LogP contribution in [0.5, 0.6) is 0 Å². The lowest BCUT2D eigenvalue weighted by Crippen LogP contribution is -1.78. The molecule has 2 aromatic rings. The van der Waals surface area contributed by atoms with Crippen LogP contribution in [0.1, 0.15) is 5.56 Å². The Morgan fingerprint density at radius 3 is 3.18 bits per heavy atom. The van der Waals surface area contributed by atoms with Crippen LogP contribution in [0.25, 0.3) is 10.9 Å². The van der Waals surface area contributed by atoms with Gasteiger partial charge in [-0.3, -0.25) is 0 Å². The molecule has 2 rings (SSSR count). The number of benzene rings is 1. The third kappa shape index (κ3) is 1.12. The molecule has 11 heavy (non-hydrogen) atoms. The minimum Gasteiger partial charge on any atom is -0.192 e. The Kier molecular flexibility index (Phi) is 1.80. The van der Waals surface area contributed by atoms with Gasteiger partial charge in [0.2, 0.25) is 0 Å². The fraction of sp³-hybridized carbons (Fsp3) is 0.125. The second kappa shape index (κ2) is 2.80. The molecule has 3 heteroatoms. The van der Waals surface area contributed by atoms with Crippen LogP contribution in [0.15, 0.2) is 23.6 Å². The maximum Gasteiger partial charge on any atom is 0.0884 e. The molecular weight excluding hydrogens is 178 g/mol. The van der Waals surface area contributed by atoms with Crippen LogP contribution < -0.4 is 0 Å². The van der Waals surface area contributed by atoms with Crippen LogP contribution in [0.3, 0.4) is 0 Å². The number of aromatic nitrogens is 1. The van der Waals surface area contributed by atoms with E-state index in [0.717, 1.165) is 11.1 Å². The normalized spacial score (nSPS) is 10.6. The van der Waals surface area contributed by atoms with Crippen molar-refractivity contribution in [1.29, 1.82) is 0 Å². The molecule has 1 aromatic carbocycles. The van der Waals surface area contributed by atoms with Crippen molar-refractivity contribution in [3.63, 3.8) is 0 Å². The van der Waals surface area contributed by atoms with Crippen molar-refractivity contribution in [2.45, 2.75) is 5.88 Å². The molecule has 0 saturated carbocycles. The Morgan fingerprint density at radius 2 is 2.36 bits per heavy atom. The number of alkyl halides is 1. The maximum atomic E-state index is 5.73. The van der Waals surface area contributed by atoms with E-state index >= 15 is 0 Å². The number of fused-ring (bicyclic) bond motifs is 1. The Balaban J connectivity index is 2.79. The molecule has 1 nitrogen and oxygen atoms in total. The molecule has 56 valence electrons. The molecule has 0 amide bonds. The zero-order valence-corrected chi connectivity index (χ0v) is 7.32. The Bertz CT molecular complexity index is 369. The van der Waals surface area contributed by atoms with Gasteiger partial charge in [0.15, 0.2) is 0 Å². The first-order valence-electron chi connectivity index (χ1n) is 3.30. The summed E-state index contributed by atoms with van der Waals surface area (Å²) in [4.78, 5) is 0. The van der Waals surface area contributed by atoms with Crippen molar-refractivity contribution in [2.24, 2.45) is 0 Å². The molecule has 0 aliphatic heterocycles. The van der Waals surface area contributed by atoms with Crippen LogP contribution in [0.4, 0.5) is 0 Å². The fourth-order valence-corrected chi connectivity index (χ4v) is 1.96. The minimum atomic E-state index is 0.543. The lowest BCUT2D eigenvalue weighted by molar-refractivity contribution is 1.42. The smallest absolute Gasteiger partial charge is 0.0884 e. The summed E-state index contributed by atoms with van der Waals surface area (Å²) in [5.41, 5.74) is 2.16. The molecule has 1 aromatic heterocycles. The van der Waals surface area contributed by atoms with E-state index in [1.54, 1.807) is 0 Å². The predicted octanol–water partition coefficient (Wildman–Crippen LogP) is 3.04. The summed E-state index contributed by atoms with van der Waals surface area (Å²) in [6, 6.07) is 6.07. The monoisotopic (exact) mass is 183 g/mol. The first-order valence-corrected chi connectivity index (χ1v) is 4.67. The van der Waals surface area contributed by atoms with Gasteiger partial charge in [-0.15, -0.1) is 11.6 Å². The van der Waals surface area contributed by atoms with Crippen LogP contribution in [-0.4, -0.2) is 4.37 Å². The van der Waals surface area contributed by atoms with Gasteiger partial charge < -0.3 is 0 Å². The summed E-state index contributed by atoms with van der Waals surface area (Å²) in [5, 5.41) is 3.22. The van der Waals surface area contributed by atoms with Crippen LogP contribution in [0, 0.1) is 0 Å². The number of hydrogen-bond acceptors (Lipinski definition) is 2. The van der Waals surface area contributed by atoms with E-state index in [1.165, 1.54) is 16.9 Å². The van der Waals surface area contributed by atoms with Gasteiger partial charge >= 0.3 is 0 Å². The van der Waals surface area contributed by atoms with Gasteiger partial charge in [-0.25, -0.2) is 0 Å². The number of nitrogens with zero attached hydrogens (tertiary/aromatic N) is 1. The first-order chi connectivity index (χ1) is 5.42. The molecule has 0 fully saturated rings. The van der Waals surface area contributed by atoms with Crippen LogP contribution >= 0.6 is 23.1 Å². The zero-order valence-electron chi connectivity index (χ0n) is 5.75. The molecule has 0 aliphatic carbocycles. The SMILES string of the molecule is ClCc1cccc2csnc12. The average Bonchev–Trinajstić information content (AvgIpc) is 2.50. The second-order valence-corrected chi connectivity index (χ2v) is 3.20. The third-order valence-corrected chi connectivity index (χ3v) is 2.55. The van der Waals surface area contributed by atoms with Crippen molar-refractivity contribution < 1.29 is 0 Å². The third-order valence-electron chi connectivity index (χ3n) is 1.62. The largest absolute Gasteiger partial charge is 0.192 e. The van der Waals surface area contributed by atoms with E-state index in [2.05, 4.69) is 10.4 Å². The molecule has 0 aliphatic rings. The van der Waals surface area contributed by atoms with Crippen LogP contribution in [-0.2, 0) is 5.88 Å². The van der Waals surface area contributed by atoms with Crippen molar-refractivity contribution in [2.75, 3.05) is 0 Å². The lowest BCUT2D eigenvalue weighted by atomic mass is 10.2. The standard InChI is InChI=1S/C8H6ClNS/c9-4-6-2-1-3-7-5-11-10-8(6)7/h1-3,5H,4H2. The van der Waals surface area contributed by atoms with E-state index in [-0.39, 0.29) is 0 Å². The summed E-state index contributed by atoms with van der Waals surface area (Å²) in [6.07, 6.45) is 0. The summed E-state index contributed by atoms with van der Waals surface area (Å²) in [6.45, 7) is 0. The predicted molar refractivity (Wildman–Crippen MR) is 49.2 cm³/mol. The minimum absolute atomic E-state index is 0.543. The summed E-state index contributed by atoms with van der Waals surface area (Å²) in [5.74, 6) is 0.543. The second-order valence-electron chi connectivity index (χ2n) is 2.30. The highest BCUT2D eigenvalue weighted by Crippen LogP contribution is 2.20. The number of halogens is 1.